The fourth-order valence-corrected chi connectivity index (χ4v) is 1.89. The van der Waals surface area contributed by atoms with Crippen molar-refractivity contribution < 1.29 is 5.11 Å². The van der Waals surface area contributed by atoms with Crippen LogP contribution in [0.15, 0.2) is 48.5 Å². The first-order chi connectivity index (χ1) is 9.33. The van der Waals surface area contributed by atoms with Crippen molar-refractivity contribution in [2.45, 2.75) is 19.7 Å². The lowest BCUT2D eigenvalue weighted by Gasteiger charge is -2.07. The monoisotopic (exact) mass is 252 g/mol. The van der Waals surface area contributed by atoms with E-state index in [2.05, 4.69) is 11.4 Å². The number of nitrogens with zero attached hydrogens (tertiary/aromatic N) is 1. The molecule has 2 aromatic carbocycles. The van der Waals surface area contributed by atoms with Crippen LogP contribution in [-0.4, -0.2) is 5.11 Å². The first-order valence-corrected chi connectivity index (χ1v) is 6.21. The second-order valence-electron chi connectivity index (χ2n) is 4.35. The average Bonchev–Trinajstić information content (AvgIpc) is 2.48. The second kappa shape index (κ2) is 6.69. The fraction of sp³-hybridized carbons (Fsp3) is 0.188. The van der Waals surface area contributed by atoms with Gasteiger partial charge >= 0.3 is 0 Å². The van der Waals surface area contributed by atoms with Crippen LogP contribution in [0, 0.1) is 11.3 Å². The zero-order chi connectivity index (χ0) is 13.5. The van der Waals surface area contributed by atoms with Crippen molar-refractivity contribution in [1.29, 1.82) is 5.26 Å². The van der Waals surface area contributed by atoms with E-state index in [0.29, 0.717) is 12.1 Å². The van der Waals surface area contributed by atoms with Crippen LogP contribution in [0.5, 0.6) is 0 Å². The predicted molar refractivity (Wildman–Crippen MR) is 74.1 cm³/mol. The number of rotatable bonds is 5. The Morgan fingerprint density at radius 3 is 2.32 bits per heavy atom. The summed E-state index contributed by atoms with van der Waals surface area (Å²) in [4.78, 5) is 0. The summed E-state index contributed by atoms with van der Waals surface area (Å²) in [6, 6.07) is 17.6. The molecule has 3 nitrogen and oxygen atoms in total. The van der Waals surface area contributed by atoms with Crippen molar-refractivity contribution in [3.63, 3.8) is 0 Å². The van der Waals surface area contributed by atoms with Gasteiger partial charge in [0.05, 0.1) is 18.2 Å². The number of aliphatic hydroxyl groups excluding tert-OH is 1. The summed E-state index contributed by atoms with van der Waals surface area (Å²) in [5, 5.41) is 21.3. The fourth-order valence-electron chi connectivity index (χ4n) is 1.89. The molecule has 0 fully saturated rings. The average molecular weight is 252 g/mol. The number of hydrogen-bond acceptors (Lipinski definition) is 3. The van der Waals surface area contributed by atoms with E-state index in [-0.39, 0.29) is 6.61 Å². The van der Waals surface area contributed by atoms with Gasteiger partial charge in [0.2, 0.25) is 0 Å². The maximum absolute atomic E-state index is 8.99. The Morgan fingerprint density at radius 2 is 1.63 bits per heavy atom. The van der Waals surface area contributed by atoms with E-state index in [1.54, 1.807) is 0 Å². The third-order valence-corrected chi connectivity index (χ3v) is 2.99. The first-order valence-electron chi connectivity index (χ1n) is 6.21. The molecule has 0 aromatic heterocycles. The molecule has 0 aliphatic rings. The van der Waals surface area contributed by atoms with Gasteiger partial charge in [0.15, 0.2) is 0 Å². The van der Waals surface area contributed by atoms with Crippen LogP contribution in [0.2, 0.25) is 0 Å². The third kappa shape index (κ3) is 3.65. The molecule has 0 heterocycles. The Hall–Kier alpha value is -2.15. The van der Waals surface area contributed by atoms with Gasteiger partial charge in [0.1, 0.15) is 0 Å². The molecule has 19 heavy (non-hydrogen) atoms. The molecule has 0 aliphatic carbocycles. The van der Waals surface area contributed by atoms with E-state index in [1.165, 1.54) is 0 Å². The van der Waals surface area contributed by atoms with Crippen molar-refractivity contribution in [2.24, 2.45) is 0 Å². The number of benzene rings is 2. The first kappa shape index (κ1) is 13.3. The summed E-state index contributed by atoms with van der Waals surface area (Å²) in [5.74, 6) is 0. The summed E-state index contributed by atoms with van der Waals surface area (Å²) in [7, 11) is 0. The van der Waals surface area contributed by atoms with Gasteiger partial charge in [-0.2, -0.15) is 5.26 Å². The lowest BCUT2D eigenvalue weighted by Crippen LogP contribution is -2.13. The summed E-state index contributed by atoms with van der Waals surface area (Å²) >= 11 is 0. The highest BCUT2D eigenvalue weighted by molar-refractivity contribution is 5.37. The van der Waals surface area contributed by atoms with Crippen LogP contribution in [-0.2, 0) is 19.7 Å². The molecule has 2 N–H and O–H groups in total. The van der Waals surface area contributed by atoms with E-state index in [1.807, 2.05) is 48.5 Å². The Labute approximate surface area is 113 Å². The molecule has 0 aliphatic heterocycles. The van der Waals surface area contributed by atoms with E-state index in [9.17, 15) is 0 Å². The van der Waals surface area contributed by atoms with E-state index < -0.39 is 0 Å². The molecule has 2 aromatic rings. The van der Waals surface area contributed by atoms with Crippen molar-refractivity contribution in [2.75, 3.05) is 0 Å². The van der Waals surface area contributed by atoms with Crippen LogP contribution < -0.4 is 5.32 Å². The highest BCUT2D eigenvalue weighted by atomic mass is 16.3. The molecule has 3 heteroatoms. The summed E-state index contributed by atoms with van der Waals surface area (Å²) in [6.45, 7) is 1.49. The van der Waals surface area contributed by atoms with Gasteiger partial charge in [-0.3, -0.25) is 0 Å². The van der Waals surface area contributed by atoms with Crippen LogP contribution >= 0.6 is 0 Å². The molecule has 0 saturated carbocycles. The quantitative estimate of drug-likeness (QED) is 0.858. The molecule has 2 rings (SSSR count). The summed E-state index contributed by atoms with van der Waals surface area (Å²) in [6.07, 6.45) is 0. The van der Waals surface area contributed by atoms with Crippen molar-refractivity contribution >= 4 is 0 Å². The van der Waals surface area contributed by atoms with Crippen molar-refractivity contribution in [3.05, 3.63) is 70.8 Å². The zero-order valence-electron chi connectivity index (χ0n) is 10.6. The highest BCUT2D eigenvalue weighted by Gasteiger charge is 2.00. The molecule has 0 spiro atoms. The second-order valence-corrected chi connectivity index (χ2v) is 4.35. The van der Waals surface area contributed by atoms with Gasteiger partial charge in [-0.25, -0.2) is 0 Å². The molecule has 0 bridgehead atoms. The minimum atomic E-state index is 0.0727. The third-order valence-electron chi connectivity index (χ3n) is 2.99. The molecule has 0 radical (unpaired) electrons. The van der Waals surface area contributed by atoms with Gasteiger partial charge in [0.25, 0.3) is 0 Å². The maximum Gasteiger partial charge on any atom is 0.0995 e. The van der Waals surface area contributed by atoms with E-state index in [4.69, 9.17) is 10.4 Å². The van der Waals surface area contributed by atoms with Gasteiger partial charge < -0.3 is 10.4 Å². The minimum Gasteiger partial charge on any atom is -0.392 e. The SMILES string of the molecule is N#Cc1ccccc1CNCc1ccc(CO)cc1. The smallest absolute Gasteiger partial charge is 0.0995 e. The maximum atomic E-state index is 8.99. The Kier molecular flexibility index (Phi) is 4.68. The van der Waals surface area contributed by atoms with Crippen LogP contribution in [0.1, 0.15) is 22.3 Å². The molecule has 0 saturated heterocycles. The van der Waals surface area contributed by atoms with Gasteiger partial charge in [-0.05, 0) is 22.8 Å². The zero-order valence-corrected chi connectivity index (χ0v) is 10.6. The predicted octanol–water partition coefficient (Wildman–Crippen LogP) is 2.34. The lowest BCUT2D eigenvalue weighted by atomic mass is 10.1. The Bertz CT molecular complexity index is 570. The molecular weight excluding hydrogens is 236 g/mol. The van der Waals surface area contributed by atoms with Crippen molar-refractivity contribution in [1.82, 2.24) is 5.32 Å². The van der Waals surface area contributed by atoms with Crippen LogP contribution in [0.4, 0.5) is 0 Å². The number of hydrogen-bond donors (Lipinski definition) is 2. The van der Waals surface area contributed by atoms with E-state index in [0.717, 1.165) is 23.2 Å². The highest BCUT2D eigenvalue weighted by Crippen LogP contribution is 2.08. The van der Waals surface area contributed by atoms with Crippen LogP contribution in [0.3, 0.4) is 0 Å². The molecule has 96 valence electrons. The number of nitriles is 1. The number of nitrogens with one attached hydrogen (secondary N) is 1. The Balaban J connectivity index is 1.91. The van der Waals surface area contributed by atoms with Gasteiger partial charge in [-0.15, -0.1) is 0 Å². The topological polar surface area (TPSA) is 56.0 Å². The minimum absolute atomic E-state index is 0.0727. The Morgan fingerprint density at radius 1 is 0.947 bits per heavy atom. The molecule has 0 amide bonds. The molecule has 0 unspecified atom stereocenters. The lowest BCUT2D eigenvalue weighted by molar-refractivity contribution is 0.282. The molecular formula is C16H16N2O. The molecule has 0 atom stereocenters. The van der Waals surface area contributed by atoms with Gasteiger partial charge in [-0.1, -0.05) is 42.5 Å². The van der Waals surface area contributed by atoms with Crippen LogP contribution in [0.25, 0.3) is 0 Å². The summed E-state index contributed by atoms with van der Waals surface area (Å²) < 4.78 is 0. The van der Waals surface area contributed by atoms with Gasteiger partial charge in [0, 0.05) is 13.1 Å². The van der Waals surface area contributed by atoms with E-state index >= 15 is 0 Å². The normalized spacial score (nSPS) is 10.1. The standard InChI is InChI=1S/C16H16N2O/c17-9-15-3-1-2-4-16(15)11-18-10-13-5-7-14(12-19)8-6-13/h1-8,18-19H,10-12H2. The number of aliphatic hydroxyl groups is 1. The largest absolute Gasteiger partial charge is 0.392 e. The van der Waals surface area contributed by atoms with Crippen molar-refractivity contribution in [3.8, 4) is 6.07 Å². The summed E-state index contributed by atoms with van der Waals surface area (Å²) in [5.41, 5.74) is 3.80.